The molecule has 25 heavy (non-hydrogen) atoms. The summed E-state index contributed by atoms with van der Waals surface area (Å²) < 4.78 is 30.8. The van der Waals surface area contributed by atoms with Crippen molar-refractivity contribution in [3.63, 3.8) is 0 Å². The van der Waals surface area contributed by atoms with Gasteiger partial charge in [-0.05, 0) is 18.9 Å². The molecule has 0 radical (unpaired) electrons. The number of amides is 1. The van der Waals surface area contributed by atoms with Gasteiger partial charge in [0.05, 0.1) is 13.4 Å². The largest absolute Gasteiger partial charge is 0.496 e. The van der Waals surface area contributed by atoms with Crippen LogP contribution in [0.15, 0.2) is 24.3 Å². The fourth-order valence-electron chi connectivity index (χ4n) is 3.20. The summed E-state index contributed by atoms with van der Waals surface area (Å²) in [5, 5.41) is 2.89. The van der Waals surface area contributed by atoms with E-state index in [0.29, 0.717) is 12.3 Å². The molecule has 0 atom stereocenters. The van der Waals surface area contributed by atoms with Crippen LogP contribution in [-0.2, 0) is 21.4 Å². The molecule has 0 aliphatic heterocycles. The molecule has 0 heterocycles. The van der Waals surface area contributed by atoms with Gasteiger partial charge < -0.3 is 10.1 Å². The van der Waals surface area contributed by atoms with Crippen LogP contribution in [0.2, 0.25) is 0 Å². The van der Waals surface area contributed by atoms with Crippen molar-refractivity contribution in [1.82, 2.24) is 9.62 Å². The quantitative estimate of drug-likeness (QED) is 0.763. The minimum Gasteiger partial charge on any atom is -0.496 e. The van der Waals surface area contributed by atoms with Crippen LogP contribution in [0.5, 0.6) is 5.75 Å². The molecule has 0 bridgehead atoms. The van der Waals surface area contributed by atoms with Gasteiger partial charge in [-0.3, -0.25) is 4.79 Å². The molecule has 1 N–H and O–H groups in total. The molecule has 1 aliphatic carbocycles. The molecule has 2 rings (SSSR count). The minimum atomic E-state index is -3.38. The molecular formula is C18H28N2O4S. The normalized spacial score (nSPS) is 16.0. The molecule has 6 nitrogen and oxygen atoms in total. The molecule has 0 aromatic heterocycles. The third-order valence-corrected chi connectivity index (χ3v) is 5.89. The van der Waals surface area contributed by atoms with Gasteiger partial charge in [-0.2, -0.15) is 4.31 Å². The Morgan fingerprint density at radius 2 is 1.92 bits per heavy atom. The van der Waals surface area contributed by atoms with E-state index in [1.54, 1.807) is 13.2 Å². The van der Waals surface area contributed by atoms with Gasteiger partial charge in [0.1, 0.15) is 5.75 Å². The molecule has 1 aromatic carbocycles. The minimum absolute atomic E-state index is 0.0467. The highest BCUT2D eigenvalue weighted by atomic mass is 32.2. The van der Waals surface area contributed by atoms with Crippen LogP contribution < -0.4 is 10.1 Å². The average Bonchev–Trinajstić information content (AvgIpc) is 2.61. The van der Waals surface area contributed by atoms with Gasteiger partial charge in [0.25, 0.3) is 0 Å². The van der Waals surface area contributed by atoms with E-state index in [-0.39, 0.29) is 24.9 Å². The van der Waals surface area contributed by atoms with Crippen molar-refractivity contribution in [3.8, 4) is 5.75 Å². The maximum Gasteiger partial charge on any atom is 0.223 e. The lowest BCUT2D eigenvalue weighted by molar-refractivity contribution is -0.125. The number of hydrogen-bond acceptors (Lipinski definition) is 4. The molecule has 1 fully saturated rings. The maximum absolute atomic E-state index is 12.2. The summed E-state index contributed by atoms with van der Waals surface area (Å²) in [6.07, 6.45) is 6.45. The number of benzene rings is 1. The zero-order valence-electron chi connectivity index (χ0n) is 15.0. The van der Waals surface area contributed by atoms with E-state index < -0.39 is 10.0 Å². The Morgan fingerprint density at radius 1 is 1.24 bits per heavy atom. The highest BCUT2D eigenvalue weighted by Gasteiger charge is 2.22. The standard InChI is InChI=1S/C18H28N2O4S/c1-24-17-11-7-6-10-16(17)14-20(25(2,22)23)13-12-19-18(21)15-8-4-3-5-9-15/h6-7,10-11,15H,3-5,8-9,12-14H2,1-2H3,(H,19,21). The van der Waals surface area contributed by atoms with Gasteiger partial charge >= 0.3 is 0 Å². The highest BCUT2D eigenvalue weighted by molar-refractivity contribution is 7.88. The van der Waals surface area contributed by atoms with Crippen LogP contribution >= 0.6 is 0 Å². The first-order chi connectivity index (χ1) is 11.9. The van der Waals surface area contributed by atoms with E-state index in [0.717, 1.165) is 31.2 Å². The van der Waals surface area contributed by atoms with Crippen LogP contribution in [0.3, 0.4) is 0 Å². The van der Waals surface area contributed by atoms with E-state index in [4.69, 9.17) is 4.74 Å². The third-order valence-electron chi connectivity index (χ3n) is 4.64. The van der Waals surface area contributed by atoms with Gasteiger partial charge in [-0.1, -0.05) is 37.5 Å². The molecule has 140 valence electrons. The lowest BCUT2D eigenvalue weighted by Crippen LogP contribution is -2.40. The number of sulfonamides is 1. The summed E-state index contributed by atoms with van der Waals surface area (Å²) >= 11 is 0. The molecular weight excluding hydrogens is 340 g/mol. The van der Waals surface area contributed by atoms with Gasteiger partial charge in [-0.25, -0.2) is 8.42 Å². The zero-order valence-corrected chi connectivity index (χ0v) is 15.8. The molecule has 1 aliphatic rings. The van der Waals surface area contributed by atoms with Gasteiger partial charge in [-0.15, -0.1) is 0 Å². The fourth-order valence-corrected chi connectivity index (χ4v) is 4.00. The Balaban J connectivity index is 1.93. The highest BCUT2D eigenvalue weighted by Crippen LogP contribution is 2.23. The lowest BCUT2D eigenvalue weighted by Gasteiger charge is -2.23. The summed E-state index contributed by atoms with van der Waals surface area (Å²) in [6.45, 7) is 0.787. The van der Waals surface area contributed by atoms with Crippen molar-refractivity contribution >= 4 is 15.9 Å². The average molecular weight is 368 g/mol. The van der Waals surface area contributed by atoms with E-state index in [1.165, 1.54) is 17.0 Å². The molecule has 0 spiro atoms. The monoisotopic (exact) mass is 368 g/mol. The first-order valence-corrected chi connectivity index (χ1v) is 10.6. The van der Waals surface area contributed by atoms with Crippen molar-refractivity contribution in [2.75, 3.05) is 26.5 Å². The fraction of sp³-hybridized carbons (Fsp3) is 0.611. The predicted octanol–water partition coefficient (Wildman–Crippen LogP) is 2.15. The molecule has 7 heteroatoms. The van der Waals surface area contributed by atoms with Crippen molar-refractivity contribution in [2.45, 2.75) is 38.6 Å². The molecule has 1 saturated carbocycles. The summed E-state index contributed by atoms with van der Waals surface area (Å²) in [5.41, 5.74) is 0.800. The van der Waals surface area contributed by atoms with Crippen LogP contribution in [-0.4, -0.2) is 45.1 Å². The van der Waals surface area contributed by atoms with E-state index in [9.17, 15) is 13.2 Å². The summed E-state index contributed by atoms with van der Waals surface area (Å²) in [6, 6.07) is 7.35. The Labute approximate surface area is 150 Å². The van der Waals surface area contributed by atoms with Crippen molar-refractivity contribution in [3.05, 3.63) is 29.8 Å². The van der Waals surface area contributed by atoms with Crippen LogP contribution in [0.4, 0.5) is 0 Å². The topological polar surface area (TPSA) is 75.7 Å². The van der Waals surface area contributed by atoms with Gasteiger partial charge in [0.2, 0.25) is 15.9 Å². The van der Waals surface area contributed by atoms with Crippen LogP contribution in [0, 0.1) is 5.92 Å². The van der Waals surface area contributed by atoms with Crippen molar-refractivity contribution in [2.24, 2.45) is 5.92 Å². The summed E-state index contributed by atoms with van der Waals surface area (Å²) in [4.78, 5) is 12.2. The van der Waals surface area contributed by atoms with Gasteiger partial charge in [0.15, 0.2) is 0 Å². The first-order valence-electron chi connectivity index (χ1n) is 8.76. The zero-order chi connectivity index (χ0) is 18.3. The van der Waals surface area contributed by atoms with Crippen LogP contribution in [0.1, 0.15) is 37.7 Å². The molecule has 0 saturated heterocycles. The second-order valence-electron chi connectivity index (χ2n) is 6.53. The smallest absolute Gasteiger partial charge is 0.223 e. The van der Waals surface area contributed by atoms with E-state index >= 15 is 0 Å². The number of nitrogens with zero attached hydrogens (tertiary/aromatic N) is 1. The Bertz CT molecular complexity index is 669. The number of hydrogen-bond donors (Lipinski definition) is 1. The third kappa shape index (κ3) is 6.01. The van der Waals surface area contributed by atoms with Crippen molar-refractivity contribution in [1.29, 1.82) is 0 Å². The Kier molecular flexibility index (Phi) is 7.25. The van der Waals surface area contributed by atoms with E-state index in [2.05, 4.69) is 5.32 Å². The maximum atomic E-state index is 12.2. The second-order valence-corrected chi connectivity index (χ2v) is 8.52. The Morgan fingerprint density at radius 3 is 2.56 bits per heavy atom. The van der Waals surface area contributed by atoms with Crippen LogP contribution in [0.25, 0.3) is 0 Å². The number of carbonyl (C=O) groups is 1. The second kappa shape index (κ2) is 9.20. The lowest BCUT2D eigenvalue weighted by atomic mass is 9.89. The number of rotatable bonds is 8. The van der Waals surface area contributed by atoms with Gasteiger partial charge in [0, 0.05) is 31.1 Å². The number of carbonyl (C=O) groups excluding carboxylic acids is 1. The molecule has 1 amide bonds. The predicted molar refractivity (Wildman–Crippen MR) is 97.8 cm³/mol. The summed E-state index contributed by atoms with van der Waals surface area (Å²) in [7, 11) is -1.82. The molecule has 0 unspecified atom stereocenters. The Hall–Kier alpha value is -1.60. The number of ether oxygens (including phenoxy) is 1. The SMILES string of the molecule is COc1ccccc1CN(CCNC(=O)C1CCCCC1)S(C)(=O)=O. The van der Waals surface area contributed by atoms with E-state index in [1.807, 2.05) is 18.2 Å². The first kappa shape index (κ1) is 19.7. The van der Waals surface area contributed by atoms with Crippen molar-refractivity contribution < 1.29 is 17.9 Å². The molecule has 1 aromatic rings. The summed E-state index contributed by atoms with van der Waals surface area (Å²) in [5.74, 6) is 0.780. The number of para-hydroxylation sites is 1. The number of nitrogens with one attached hydrogen (secondary N) is 1. The number of methoxy groups -OCH3 is 1.